The van der Waals surface area contributed by atoms with Crippen molar-refractivity contribution in [2.75, 3.05) is 12.4 Å². The molecule has 7 heteroatoms. The minimum absolute atomic E-state index is 0.00826. The molecule has 136 valence electrons. The summed E-state index contributed by atoms with van der Waals surface area (Å²) in [6.45, 7) is 5.95. The summed E-state index contributed by atoms with van der Waals surface area (Å²) in [5.41, 5.74) is 0.431. The van der Waals surface area contributed by atoms with E-state index in [0.717, 1.165) is 0 Å². The SMILES string of the molecule is COc1cc2nc(C(C)(C)C)nc(Nc3cccc(Cl)c3F)c2cc1O. The Morgan fingerprint density at radius 2 is 1.92 bits per heavy atom. The molecule has 1 heterocycles. The third kappa shape index (κ3) is 3.37. The van der Waals surface area contributed by atoms with E-state index in [1.807, 2.05) is 20.8 Å². The second-order valence-electron chi connectivity index (χ2n) is 6.91. The lowest BCUT2D eigenvalue weighted by atomic mass is 9.95. The van der Waals surface area contributed by atoms with Crippen LogP contribution < -0.4 is 10.1 Å². The Bertz CT molecular complexity index is 987. The summed E-state index contributed by atoms with van der Waals surface area (Å²) in [7, 11) is 1.47. The van der Waals surface area contributed by atoms with Crippen LogP contribution >= 0.6 is 11.6 Å². The molecule has 3 rings (SSSR count). The minimum atomic E-state index is -0.573. The van der Waals surface area contributed by atoms with Crippen LogP contribution in [0, 0.1) is 5.82 Å². The van der Waals surface area contributed by atoms with E-state index in [9.17, 15) is 9.50 Å². The maximum Gasteiger partial charge on any atom is 0.165 e. The van der Waals surface area contributed by atoms with Gasteiger partial charge in [-0.1, -0.05) is 38.4 Å². The average Bonchev–Trinajstić information content (AvgIpc) is 2.57. The van der Waals surface area contributed by atoms with Gasteiger partial charge in [0.1, 0.15) is 11.6 Å². The monoisotopic (exact) mass is 375 g/mol. The molecule has 0 radical (unpaired) electrons. The van der Waals surface area contributed by atoms with Gasteiger partial charge in [-0.05, 0) is 18.2 Å². The fourth-order valence-electron chi connectivity index (χ4n) is 2.47. The molecule has 0 aliphatic rings. The van der Waals surface area contributed by atoms with Crippen LogP contribution in [0.5, 0.6) is 11.5 Å². The van der Waals surface area contributed by atoms with Gasteiger partial charge < -0.3 is 15.2 Å². The van der Waals surface area contributed by atoms with Gasteiger partial charge in [0.25, 0.3) is 0 Å². The first kappa shape index (κ1) is 18.2. The number of aromatic nitrogens is 2. The number of halogens is 2. The maximum atomic E-state index is 14.3. The van der Waals surface area contributed by atoms with E-state index in [4.69, 9.17) is 16.3 Å². The zero-order valence-corrected chi connectivity index (χ0v) is 15.6. The smallest absolute Gasteiger partial charge is 0.165 e. The number of nitrogens with one attached hydrogen (secondary N) is 1. The first-order chi connectivity index (χ1) is 12.2. The fourth-order valence-corrected chi connectivity index (χ4v) is 2.64. The molecule has 0 atom stereocenters. The number of hydrogen-bond acceptors (Lipinski definition) is 5. The molecule has 0 aliphatic carbocycles. The second-order valence-corrected chi connectivity index (χ2v) is 7.32. The number of rotatable bonds is 3. The Morgan fingerprint density at radius 3 is 2.58 bits per heavy atom. The number of methoxy groups -OCH3 is 1. The minimum Gasteiger partial charge on any atom is -0.504 e. The molecule has 0 amide bonds. The van der Waals surface area contributed by atoms with Gasteiger partial charge in [0.2, 0.25) is 0 Å². The number of phenolic OH excluding ortho intramolecular Hbond substituents is 1. The molecule has 0 bridgehead atoms. The largest absolute Gasteiger partial charge is 0.504 e. The van der Waals surface area contributed by atoms with E-state index in [1.54, 1.807) is 18.2 Å². The van der Waals surface area contributed by atoms with Crippen molar-refractivity contribution in [3.63, 3.8) is 0 Å². The van der Waals surface area contributed by atoms with E-state index >= 15 is 0 Å². The first-order valence-corrected chi connectivity index (χ1v) is 8.39. The number of anilines is 2. The summed E-state index contributed by atoms with van der Waals surface area (Å²) in [4.78, 5) is 9.13. The Morgan fingerprint density at radius 1 is 1.19 bits per heavy atom. The van der Waals surface area contributed by atoms with Crippen molar-refractivity contribution in [2.24, 2.45) is 0 Å². The molecule has 5 nitrogen and oxygen atoms in total. The molecule has 1 aromatic heterocycles. The predicted octanol–water partition coefficient (Wildman–Crippen LogP) is 5.18. The van der Waals surface area contributed by atoms with E-state index < -0.39 is 5.82 Å². The third-order valence-electron chi connectivity index (χ3n) is 3.87. The van der Waals surface area contributed by atoms with Gasteiger partial charge in [-0.2, -0.15) is 0 Å². The highest BCUT2D eigenvalue weighted by atomic mass is 35.5. The zero-order valence-electron chi connectivity index (χ0n) is 14.9. The van der Waals surface area contributed by atoms with Crippen LogP contribution in [0.15, 0.2) is 30.3 Å². The van der Waals surface area contributed by atoms with Gasteiger partial charge in [0.05, 0.1) is 23.3 Å². The van der Waals surface area contributed by atoms with Crippen LogP contribution in [0.2, 0.25) is 5.02 Å². The van der Waals surface area contributed by atoms with E-state index in [2.05, 4.69) is 15.3 Å². The maximum absolute atomic E-state index is 14.3. The van der Waals surface area contributed by atoms with Crippen molar-refractivity contribution in [3.8, 4) is 11.5 Å². The molecule has 2 aromatic carbocycles. The van der Waals surface area contributed by atoms with Crippen LogP contribution in [0.4, 0.5) is 15.9 Å². The molecular weight excluding hydrogens is 357 g/mol. The summed E-state index contributed by atoms with van der Waals surface area (Å²) >= 11 is 5.86. The molecule has 0 saturated carbocycles. The zero-order chi connectivity index (χ0) is 19.1. The fraction of sp³-hybridized carbons (Fsp3) is 0.263. The van der Waals surface area contributed by atoms with Gasteiger partial charge in [-0.15, -0.1) is 0 Å². The van der Waals surface area contributed by atoms with Gasteiger partial charge in [-0.25, -0.2) is 14.4 Å². The lowest BCUT2D eigenvalue weighted by Crippen LogP contribution is -2.17. The normalized spacial score (nSPS) is 11.6. The van der Waals surface area contributed by atoms with Gasteiger partial charge in [0.15, 0.2) is 17.3 Å². The van der Waals surface area contributed by atoms with Crippen molar-refractivity contribution < 1.29 is 14.2 Å². The highest BCUT2D eigenvalue weighted by Gasteiger charge is 2.21. The quantitative estimate of drug-likeness (QED) is 0.660. The van der Waals surface area contributed by atoms with E-state index in [1.165, 1.54) is 19.2 Å². The molecule has 26 heavy (non-hydrogen) atoms. The second kappa shape index (κ2) is 6.61. The van der Waals surface area contributed by atoms with Crippen molar-refractivity contribution in [2.45, 2.75) is 26.2 Å². The molecule has 2 N–H and O–H groups in total. The van der Waals surface area contributed by atoms with Crippen molar-refractivity contribution in [3.05, 3.63) is 47.0 Å². The highest BCUT2D eigenvalue weighted by Crippen LogP contribution is 2.36. The number of nitrogens with zero attached hydrogens (tertiary/aromatic N) is 2. The summed E-state index contributed by atoms with van der Waals surface area (Å²) in [6.07, 6.45) is 0. The molecule has 0 fully saturated rings. The lowest BCUT2D eigenvalue weighted by molar-refractivity contribution is 0.374. The Kier molecular flexibility index (Phi) is 4.63. The third-order valence-corrected chi connectivity index (χ3v) is 4.16. The first-order valence-electron chi connectivity index (χ1n) is 8.01. The van der Waals surface area contributed by atoms with Crippen molar-refractivity contribution >= 4 is 34.0 Å². The molecule has 3 aromatic rings. The standard InChI is InChI=1S/C19H19ClFN3O2/c1-19(2,3)18-23-13-9-15(26-4)14(25)8-10(13)17(24-18)22-12-7-5-6-11(20)16(12)21/h5-9,25H,1-4H3,(H,22,23,24). The average molecular weight is 376 g/mol. The highest BCUT2D eigenvalue weighted by molar-refractivity contribution is 6.31. The lowest BCUT2D eigenvalue weighted by Gasteiger charge is -2.20. The Hall–Kier alpha value is -2.60. The number of aromatic hydroxyl groups is 1. The Labute approximate surface area is 155 Å². The molecule has 0 saturated heterocycles. The molecular formula is C19H19ClFN3O2. The predicted molar refractivity (Wildman–Crippen MR) is 101 cm³/mol. The van der Waals surface area contributed by atoms with Crippen LogP contribution in [-0.2, 0) is 5.41 Å². The van der Waals surface area contributed by atoms with Crippen molar-refractivity contribution in [1.29, 1.82) is 0 Å². The van der Waals surface area contributed by atoms with Crippen LogP contribution in [-0.4, -0.2) is 22.2 Å². The summed E-state index contributed by atoms with van der Waals surface area (Å²) in [6, 6.07) is 7.79. The van der Waals surface area contributed by atoms with Gasteiger partial charge >= 0.3 is 0 Å². The summed E-state index contributed by atoms with van der Waals surface area (Å²) < 4.78 is 19.5. The van der Waals surface area contributed by atoms with Crippen molar-refractivity contribution in [1.82, 2.24) is 9.97 Å². The summed E-state index contributed by atoms with van der Waals surface area (Å²) in [5, 5.41) is 13.6. The topological polar surface area (TPSA) is 67.3 Å². The van der Waals surface area contributed by atoms with E-state index in [0.29, 0.717) is 28.3 Å². The summed E-state index contributed by atoms with van der Waals surface area (Å²) in [5.74, 6) is 0.621. The molecule has 0 aliphatic heterocycles. The molecule has 0 unspecified atom stereocenters. The number of phenols is 1. The molecule has 0 spiro atoms. The number of ether oxygens (including phenoxy) is 1. The number of benzene rings is 2. The van der Waals surface area contributed by atoms with Crippen LogP contribution in [0.25, 0.3) is 10.9 Å². The van der Waals surface area contributed by atoms with Gasteiger partial charge in [-0.3, -0.25) is 0 Å². The number of fused-ring (bicyclic) bond motifs is 1. The number of hydrogen-bond donors (Lipinski definition) is 2. The van der Waals surface area contributed by atoms with Crippen LogP contribution in [0.1, 0.15) is 26.6 Å². The van der Waals surface area contributed by atoms with Crippen LogP contribution in [0.3, 0.4) is 0 Å². The van der Waals surface area contributed by atoms with Gasteiger partial charge in [0, 0.05) is 16.9 Å². The van der Waals surface area contributed by atoms with E-state index in [-0.39, 0.29) is 21.9 Å². The Balaban J connectivity index is 2.24.